The van der Waals surface area contributed by atoms with E-state index in [-0.39, 0.29) is 0 Å². The quantitative estimate of drug-likeness (QED) is 0.457. The van der Waals surface area contributed by atoms with Crippen LogP contribution in [0.2, 0.25) is 0 Å². The van der Waals surface area contributed by atoms with Crippen molar-refractivity contribution in [1.82, 2.24) is 0 Å². The lowest BCUT2D eigenvalue weighted by molar-refractivity contribution is -0.196. The topological polar surface area (TPSA) is 9.23 Å². The van der Waals surface area contributed by atoms with Crippen molar-refractivity contribution in [1.29, 1.82) is 0 Å². The minimum absolute atomic E-state index is 0.335. The summed E-state index contributed by atoms with van der Waals surface area (Å²) in [5.74, 6) is 3.74. The van der Waals surface area contributed by atoms with E-state index in [1.54, 1.807) is 7.11 Å². The number of methoxy groups -OCH3 is 1. The van der Waals surface area contributed by atoms with Gasteiger partial charge in [0.2, 0.25) is 0 Å². The van der Waals surface area contributed by atoms with Crippen molar-refractivity contribution in [2.75, 3.05) is 13.7 Å². The van der Waals surface area contributed by atoms with Gasteiger partial charge in [-0.05, 0) is 111 Å². The summed E-state index contributed by atoms with van der Waals surface area (Å²) in [6, 6.07) is 0. The second-order valence-electron chi connectivity index (χ2n) is 11.0. The fourth-order valence-corrected chi connectivity index (χ4v) is 8.68. The Kier molecular flexibility index (Phi) is 5.83. The summed E-state index contributed by atoms with van der Waals surface area (Å²) in [6.07, 6.45) is 6.22. The molecule has 4 heteroatoms. The normalized spacial score (nSPS) is 48.6. The van der Waals surface area contributed by atoms with E-state index in [4.69, 9.17) is 4.74 Å². The summed E-state index contributed by atoms with van der Waals surface area (Å²) in [7, 11) is 1.79. The van der Waals surface area contributed by atoms with Gasteiger partial charge >= 0.3 is 6.18 Å². The lowest BCUT2D eigenvalue weighted by Gasteiger charge is -2.56. The van der Waals surface area contributed by atoms with E-state index in [9.17, 15) is 13.2 Å². The van der Waals surface area contributed by atoms with Crippen LogP contribution in [0.15, 0.2) is 0 Å². The maximum Gasteiger partial charge on any atom is 0.391 e. The number of rotatable bonds is 4. The van der Waals surface area contributed by atoms with E-state index in [0.717, 1.165) is 49.5 Å². The fraction of sp³-hybridized carbons (Fsp3) is 1.00. The monoisotopic (exact) mass is 400 g/mol. The van der Waals surface area contributed by atoms with Crippen LogP contribution in [0.4, 0.5) is 13.2 Å². The zero-order valence-corrected chi connectivity index (χ0v) is 17.9. The highest BCUT2D eigenvalue weighted by atomic mass is 19.4. The first kappa shape index (κ1) is 21.0. The van der Waals surface area contributed by atoms with E-state index in [1.165, 1.54) is 32.1 Å². The van der Waals surface area contributed by atoms with Crippen molar-refractivity contribution in [3.05, 3.63) is 0 Å². The van der Waals surface area contributed by atoms with Gasteiger partial charge in [-0.15, -0.1) is 0 Å². The minimum Gasteiger partial charge on any atom is -0.385 e. The predicted molar refractivity (Wildman–Crippen MR) is 106 cm³/mol. The standard InChI is InChI=1S/C24H39F3O/c1-15-13-22-20-8-6-16-14-17(24(25,26)27)7-9-18(16)19(20)10-11-23(22,2)21(15)5-4-12-28-3/h15-22H,4-14H2,1-3H3/t15?,16?,17?,18-,19?,20?,21?,22?,23?/m0/s1. The number of hydrogen-bond acceptors (Lipinski definition) is 1. The van der Waals surface area contributed by atoms with Gasteiger partial charge in [-0.25, -0.2) is 0 Å². The van der Waals surface area contributed by atoms with Crippen molar-refractivity contribution >= 4 is 0 Å². The van der Waals surface area contributed by atoms with Crippen LogP contribution in [0.5, 0.6) is 0 Å². The van der Waals surface area contributed by atoms with E-state index < -0.39 is 12.1 Å². The van der Waals surface area contributed by atoms with Crippen molar-refractivity contribution < 1.29 is 17.9 Å². The van der Waals surface area contributed by atoms with Crippen LogP contribution >= 0.6 is 0 Å². The molecule has 0 aliphatic heterocycles. The molecule has 162 valence electrons. The molecule has 0 N–H and O–H groups in total. The Morgan fingerprint density at radius 2 is 1.71 bits per heavy atom. The van der Waals surface area contributed by atoms with Gasteiger partial charge in [-0.2, -0.15) is 13.2 Å². The first-order valence-corrected chi connectivity index (χ1v) is 11.8. The molecular formula is C24H39F3O. The van der Waals surface area contributed by atoms with E-state index >= 15 is 0 Å². The van der Waals surface area contributed by atoms with E-state index in [1.807, 2.05) is 0 Å². The number of alkyl halides is 3. The predicted octanol–water partition coefficient (Wildman–Crippen LogP) is 7.11. The molecule has 28 heavy (non-hydrogen) atoms. The van der Waals surface area contributed by atoms with Gasteiger partial charge in [0.15, 0.2) is 0 Å². The lowest BCUT2D eigenvalue weighted by atomic mass is 9.49. The van der Waals surface area contributed by atoms with Gasteiger partial charge in [-0.3, -0.25) is 0 Å². The molecule has 4 fully saturated rings. The summed E-state index contributed by atoms with van der Waals surface area (Å²) >= 11 is 0. The van der Waals surface area contributed by atoms with Gasteiger partial charge in [0.05, 0.1) is 5.92 Å². The molecule has 0 heterocycles. The number of ether oxygens (including phenoxy) is 1. The molecule has 4 aliphatic carbocycles. The largest absolute Gasteiger partial charge is 0.391 e. The van der Waals surface area contributed by atoms with Gasteiger partial charge in [0.25, 0.3) is 0 Å². The Labute approximate surface area is 169 Å². The zero-order chi connectivity index (χ0) is 20.1. The molecular weight excluding hydrogens is 361 g/mol. The summed E-state index contributed by atoms with van der Waals surface area (Å²) < 4.78 is 45.1. The maximum absolute atomic E-state index is 13.3. The van der Waals surface area contributed by atoms with Crippen molar-refractivity contribution in [3.63, 3.8) is 0 Å². The maximum atomic E-state index is 13.3. The summed E-state index contributed by atoms with van der Waals surface area (Å²) in [6.45, 7) is 5.87. The van der Waals surface area contributed by atoms with Crippen LogP contribution in [0, 0.1) is 52.8 Å². The van der Waals surface area contributed by atoms with Crippen LogP contribution in [-0.2, 0) is 4.74 Å². The Morgan fingerprint density at radius 1 is 0.964 bits per heavy atom. The molecule has 0 bridgehead atoms. The van der Waals surface area contributed by atoms with Gasteiger partial charge in [-0.1, -0.05) is 13.8 Å². The molecule has 8 unspecified atom stereocenters. The fourth-order valence-electron chi connectivity index (χ4n) is 8.68. The first-order chi connectivity index (χ1) is 13.3. The number of hydrogen-bond donors (Lipinski definition) is 0. The highest BCUT2D eigenvalue weighted by Gasteiger charge is 2.59. The van der Waals surface area contributed by atoms with Gasteiger partial charge in [0.1, 0.15) is 0 Å². The number of halogens is 3. The molecule has 4 rings (SSSR count). The molecule has 0 saturated heterocycles. The first-order valence-electron chi connectivity index (χ1n) is 11.8. The second kappa shape index (κ2) is 7.78. The highest BCUT2D eigenvalue weighted by molar-refractivity contribution is 5.07. The molecule has 4 aliphatic rings. The van der Waals surface area contributed by atoms with Crippen molar-refractivity contribution in [3.8, 4) is 0 Å². The minimum atomic E-state index is -3.98. The van der Waals surface area contributed by atoms with E-state index in [0.29, 0.717) is 36.0 Å². The molecule has 0 aromatic heterocycles. The Hall–Kier alpha value is -0.250. The van der Waals surface area contributed by atoms with Crippen LogP contribution in [0.1, 0.15) is 78.1 Å². The van der Waals surface area contributed by atoms with Crippen LogP contribution in [0.25, 0.3) is 0 Å². The highest BCUT2D eigenvalue weighted by Crippen LogP contribution is 2.66. The van der Waals surface area contributed by atoms with Crippen LogP contribution < -0.4 is 0 Å². The molecule has 4 saturated carbocycles. The third kappa shape index (κ3) is 3.54. The van der Waals surface area contributed by atoms with Crippen LogP contribution in [-0.4, -0.2) is 19.9 Å². The van der Waals surface area contributed by atoms with Gasteiger partial charge in [0, 0.05) is 13.7 Å². The third-order valence-electron chi connectivity index (χ3n) is 9.88. The van der Waals surface area contributed by atoms with E-state index in [2.05, 4.69) is 13.8 Å². The molecule has 1 nitrogen and oxygen atoms in total. The molecule has 0 amide bonds. The Bertz CT molecular complexity index is 546. The molecule has 0 spiro atoms. The third-order valence-corrected chi connectivity index (χ3v) is 9.88. The van der Waals surface area contributed by atoms with Crippen molar-refractivity contribution in [2.24, 2.45) is 52.8 Å². The van der Waals surface area contributed by atoms with Gasteiger partial charge < -0.3 is 4.74 Å². The Morgan fingerprint density at radius 3 is 2.43 bits per heavy atom. The molecule has 9 atom stereocenters. The summed E-state index contributed by atoms with van der Waals surface area (Å²) in [5, 5.41) is 0. The average molecular weight is 401 g/mol. The average Bonchev–Trinajstić information content (AvgIpc) is 2.91. The second-order valence-corrected chi connectivity index (χ2v) is 11.0. The summed E-state index contributed by atoms with van der Waals surface area (Å²) in [4.78, 5) is 0. The number of fused-ring (bicyclic) bond motifs is 5. The lowest BCUT2D eigenvalue weighted by Crippen LogP contribution is -2.49. The molecule has 0 aromatic carbocycles. The zero-order valence-electron chi connectivity index (χ0n) is 17.9. The molecule has 0 aromatic rings. The summed E-state index contributed by atoms with van der Waals surface area (Å²) in [5.41, 5.74) is 0.449. The smallest absolute Gasteiger partial charge is 0.385 e. The van der Waals surface area contributed by atoms with Crippen molar-refractivity contribution in [2.45, 2.75) is 84.2 Å². The van der Waals surface area contributed by atoms with Crippen LogP contribution in [0.3, 0.4) is 0 Å². The molecule has 0 radical (unpaired) electrons. The SMILES string of the molecule is COCCCC1C(C)CC2C3CCC4CC(C(F)(F)F)CC[C@@H]4C3CCC12C. The Balaban J connectivity index is 1.46.